The molecule has 1 aromatic heterocycles. The molecule has 0 spiro atoms. The van der Waals surface area contributed by atoms with E-state index in [1.807, 2.05) is 34.6 Å². The summed E-state index contributed by atoms with van der Waals surface area (Å²) in [6.07, 6.45) is 5.57. The number of fused-ring (bicyclic) bond motifs is 5. The maximum atomic E-state index is 14.0. The third kappa shape index (κ3) is 5.97. The minimum Gasteiger partial charge on any atom is -0.508 e. The lowest BCUT2D eigenvalue weighted by atomic mass is 9.85. The lowest BCUT2D eigenvalue weighted by Gasteiger charge is -2.35. The molecule has 3 heterocycles. The van der Waals surface area contributed by atoms with E-state index in [1.165, 1.54) is 4.90 Å². The van der Waals surface area contributed by atoms with Gasteiger partial charge in [-0.1, -0.05) is 40.5 Å². The van der Waals surface area contributed by atoms with Gasteiger partial charge in [0.2, 0.25) is 11.8 Å². The van der Waals surface area contributed by atoms with Crippen LogP contribution in [0.25, 0.3) is 11.0 Å². The van der Waals surface area contributed by atoms with Gasteiger partial charge < -0.3 is 29.6 Å². The van der Waals surface area contributed by atoms with Crippen molar-refractivity contribution < 1.29 is 29.0 Å². The van der Waals surface area contributed by atoms with Gasteiger partial charge in [-0.25, -0.2) is 14.8 Å². The van der Waals surface area contributed by atoms with Gasteiger partial charge in [0.05, 0.1) is 23.6 Å². The Bertz CT molecular complexity index is 1330. The van der Waals surface area contributed by atoms with Gasteiger partial charge in [0.25, 0.3) is 0 Å². The number of phenols is 1. The van der Waals surface area contributed by atoms with Gasteiger partial charge in [-0.3, -0.25) is 4.79 Å². The van der Waals surface area contributed by atoms with Crippen LogP contribution in [0.5, 0.6) is 11.6 Å². The van der Waals surface area contributed by atoms with E-state index in [4.69, 9.17) is 19.4 Å². The van der Waals surface area contributed by atoms with Crippen LogP contribution in [0.1, 0.15) is 78.8 Å². The first-order valence-corrected chi connectivity index (χ1v) is 14.8. The topological polar surface area (TPSA) is 131 Å². The molecule has 6 atom stereocenters. The molecule has 1 saturated heterocycles. The third-order valence-corrected chi connectivity index (χ3v) is 9.02. The van der Waals surface area contributed by atoms with Crippen LogP contribution in [-0.4, -0.2) is 68.6 Å². The summed E-state index contributed by atoms with van der Waals surface area (Å²) in [4.78, 5) is 50.6. The zero-order valence-electron chi connectivity index (χ0n) is 24.7. The summed E-state index contributed by atoms with van der Waals surface area (Å²) in [6.45, 7) is 9.74. The first kappa shape index (κ1) is 29.1. The molecule has 2 aromatic rings. The fourth-order valence-corrected chi connectivity index (χ4v) is 6.40. The van der Waals surface area contributed by atoms with Gasteiger partial charge in [0.1, 0.15) is 35.5 Å². The van der Waals surface area contributed by atoms with Crippen molar-refractivity contribution in [3.05, 3.63) is 23.9 Å². The highest BCUT2D eigenvalue weighted by Crippen LogP contribution is 2.49. The Balaban J connectivity index is 1.52. The molecule has 1 aromatic carbocycles. The normalized spacial score (nSPS) is 31.1. The molecule has 5 rings (SSSR count). The van der Waals surface area contributed by atoms with Crippen molar-refractivity contribution in [2.24, 2.45) is 17.3 Å². The van der Waals surface area contributed by atoms with Crippen molar-refractivity contribution >= 4 is 29.3 Å². The van der Waals surface area contributed by atoms with Crippen LogP contribution in [0.3, 0.4) is 0 Å². The third-order valence-electron chi connectivity index (χ3n) is 9.02. The van der Waals surface area contributed by atoms with Crippen LogP contribution in [-0.2, 0) is 20.7 Å². The Hall–Kier alpha value is -3.43. The molecule has 0 unspecified atom stereocenters. The first-order chi connectivity index (χ1) is 19.4. The number of alkyl carbamates (subject to hydrolysis) is 1. The maximum Gasteiger partial charge on any atom is 0.408 e. The lowest BCUT2D eigenvalue weighted by molar-refractivity contribution is -0.139. The summed E-state index contributed by atoms with van der Waals surface area (Å²) < 4.78 is 12.4. The lowest BCUT2D eigenvalue weighted by Crippen LogP contribution is -2.56. The van der Waals surface area contributed by atoms with E-state index in [2.05, 4.69) is 5.32 Å². The fraction of sp³-hybridized carbons (Fsp3) is 0.645. The first-order valence-electron chi connectivity index (χ1n) is 14.8. The minimum absolute atomic E-state index is 0.0864. The number of carbonyl (C=O) groups is 3. The van der Waals surface area contributed by atoms with Gasteiger partial charge in [-0.05, 0) is 56.6 Å². The Labute approximate surface area is 241 Å². The molecule has 1 aliphatic carbocycles. The van der Waals surface area contributed by atoms with Crippen LogP contribution < -0.4 is 10.1 Å². The molecular formula is C31H42N4O6. The van der Waals surface area contributed by atoms with Gasteiger partial charge in [0.15, 0.2) is 0 Å². The van der Waals surface area contributed by atoms with E-state index < -0.39 is 35.3 Å². The van der Waals surface area contributed by atoms with E-state index in [-0.39, 0.29) is 30.0 Å². The Morgan fingerprint density at radius 2 is 1.95 bits per heavy atom. The molecule has 1 saturated carbocycles. The summed E-state index contributed by atoms with van der Waals surface area (Å²) in [5, 5.41) is 12.9. The number of nitrogens with one attached hydrogen (secondary N) is 1. The highest BCUT2D eigenvalue weighted by Gasteiger charge is 2.54. The number of hydrogen-bond acceptors (Lipinski definition) is 8. The maximum absolute atomic E-state index is 14.0. The monoisotopic (exact) mass is 566 g/mol. The number of rotatable bonds is 2. The number of aryl methyl sites for hydroxylation is 1. The number of hydrogen-bond donors (Lipinski definition) is 2. The van der Waals surface area contributed by atoms with Crippen molar-refractivity contribution in [2.75, 3.05) is 6.54 Å². The van der Waals surface area contributed by atoms with Gasteiger partial charge in [-0.2, -0.15) is 0 Å². The van der Waals surface area contributed by atoms with Crippen molar-refractivity contribution in [3.8, 4) is 11.6 Å². The molecule has 41 heavy (non-hydrogen) atoms. The van der Waals surface area contributed by atoms with E-state index in [9.17, 15) is 19.5 Å². The molecule has 10 nitrogen and oxygen atoms in total. The molecule has 10 heteroatoms. The van der Waals surface area contributed by atoms with Crippen LogP contribution >= 0.6 is 0 Å². The second kappa shape index (κ2) is 11.1. The van der Waals surface area contributed by atoms with E-state index >= 15 is 0 Å². The summed E-state index contributed by atoms with van der Waals surface area (Å²) in [5.41, 5.74) is 0.747. The molecule has 0 radical (unpaired) electrons. The van der Waals surface area contributed by atoms with Gasteiger partial charge >= 0.3 is 6.09 Å². The minimum atomic E-state index is -0.896. The average Bonchev–Trinajstić information content (AvgIpc) is 3.39. The molecule has 2 fully saturated rings. The summed E-state index contributed by atoms with van der Waals surface area (Å²) in [6, 6.07) is 3.28. The second-order valence-corrected chi connectivity index (χ2v) is 13.1. The summed E-state index contributed by atoms with van der Waals surface area (Å²) in [5.74, 6) is 0.127. The zero-order chi connectivity index (χ0) is 29.5. The molecule has 2 aliphatic heterocycles. The van der Waals surface area contributed by atoms with E-state index in [0.717, 1.165) is 44.1 Å². The Morgan fingerprint density at radius 1 is 1.17 bits per heavy atom. The van der Waals surface area contributed by atoms with Crippen LogP contribution in [0.2, 0.25) is 0 Å². The highest BCUT2D eigenvalue weighted by molar-refractivity contribution is 5.89. The van der Waals surface area contributed by atoms with Crippen LogP contribution in [0.4, 0.5) is 4.79 Å². The number of aldehydes is 1. The number of amides is 2. The summed E-state index contributed by atoms with van der Waals surface area (Å²) >= 11 is 0. The van der Waals surface area contributed by atoms with Gasteiger partial charge in [-0.15, -0.1) is 0 Å². The molecule has 222 valence electrons. The Morgan fingerprint density at radius 3 is 2.66 bits per heavy atom. The van der Waals surface area contributed by atoms with Crippen molar-refractivity contribution in [1.29, 1.82) is 0 Å². The zero-order valence-corrected chi connectivity index (χ0v) is 24.7. The number of aromatic hydroxyl groups is 1. The summed E-state index contributed by atoms with van der Waals surface area (Å²) in [7, 11) is 0. The Kier molecular flexibility index (Phi) is 7.87. The van der Waals surface area contributed by atoms with E-state index in [1.54, 1.807) is 18.2 Å². The fourth-order valence-electron chi connectivity index (χ4n) is 6.40. The number of aromatic nitrogens is 2. The van der Waals surface area contributed by atoms with Crippen LogP contribution in [0, 0.1) is 17.3 Å². The number of phenolic OH excluding ortho intramolecular Hbond substituents is 1. The predicted molar refractivity (Wildman–Crippen MR) is 153 cm³/mol. The molecule has 2 amide bonds. The largest absolute Gasteiger partial charge is 0.508 e. The number of carbonyl (C=O) groups excluding carboxylic acids is 3. The smallest absolute Gasteiger partial charge is 0.408 e. The SMILES string of the molecule is CC[C@@H]1[C@@H]2CN(C(=O)[C@H](C(C)(C)C)NC(=O)O[C@]3(C)C[C@H]3CCCCCc3nc4ccc(O)cc4nc3O2)[C@@H]1C=O. The van der Waals surface area contributed by atoms with Gasteiger partial charge in [0, 0.05) is 17.9 Å². The highest BCUT2D eigenvalue weighted by atomic mass is 16.6. The number of nitrogens with zero attached hydrogens (tertiary/aromatic N) is 3. The second-order valence-electron chi connectivity index (χ2n) is 13.1. The standard InChI is InChI=1S/C31H42N4O6/c1-6-20-24(17-36)35-16-25(20)40-27-22(32-21-13-12-19(37)14-23(21)33-27)11-9-7-8-10-18-15-31(18,5)41-29(39)34-26(28(35)38)30(2,3)4/h12-14,17-18,20,24-26,37H,6-11,15-16H2,1-5H3,(H,34,39)/t18-,20+,24-,25+,26-,31-/m1/s1. The number of ether oxygens (including phenoxy) is 2. The number of benzene rings is 1. The van der Waals surface area contributed by atoms with Crippen molar-refractivity contribution in [1.82, 2.24) is 20.2 Å². The molecule has 3 aliphatic rings. The van der Waals surface area contributed by atoms with Crippen molar-refractivity contribution in [3.63, 3.8) is 0 Å². The van der Waals surface area contributed by atoms with E-state index in [0.29, 0.717) is 29.8 Å². The molecule has 2 bridgehead atoms. The predicted octanol–water partition coefficient (Wildman–Crippen LogP) is 4.55. The molecular weight excluding hydrogens is 524 g/mol. The van der Waals surface area contributed by atoms with Crippen molar-refractivity contribution in [2.45, 2.75) is 103 Å². The molecule has 2 N–H and O–H groups in total. The quantitative estimate of drug-likeness (QED) is 0.506. The average molecular weight is 567 g/mol. The van der Waals surface area contributed by atoms with Crippen LogP contribution in [0.15, 0.2) is 18.2 Å².